The summed E-state index contributed by atoms with van der Waals surface area (Å²) in [6, 6.07) is 7.96. The highest BCUT2D eigenvalue weighted by Crippen LogP contribution is 2.16. The lowest BCUT2D eigenvalue weighted by Crippen LogP contribution is -2.26. The normalized spacial score (nSPS) is 10.2. The lowest BCUT2D eigenvalue weighted by molar-refractivity contribution is -0.118. The quantitative estimate of drug-likeness (QED) is 0.706. The van der Waals surface area contributed by atoms with E-state index in [0.29, 0.717) is 5.75 Å². The molecule has 3 nitrogen and oxygen atoms in total. The van der Waals surface area contributed by atoms with Crippen molar-refractivity contribution < 1.29 is 9.53 Å². The molecule has 0 spiro atoms. The molecule has 19 heavy (non-hydrogen) atoms. The van der Waals surface area contributed by atoms with Crippen molar-refractivity contribution in [1.82, 2.24) is 5.32 Å². The molecule has 0 aliphatic carbocycles. The van der Waals surface area contributed by atoms with Gasteiger partial charge in [0.1, 0.15) is 5.75 Å². The van der Waals surface area contributed by atoms with E-state index in [9.17, 15) is 4.79 Å². The van der Waals surface area contributed by atoms with Gasteiger partial charge in [-0.2, -0.15) is 0 Å². The third-order valence-corrected chi connectivity index (χ3v) is 3.77. The molecule has 0 fully saturated rings. The Kier molecular flexibility index (Phi) is 8.14. The number of benzene rings is 1. The van der Waals surface area contributed by atoms with Gasteiger partial charge in [0.15, 0.2) is 0 Å². The van der Waals surface area contributed by atoms with Crippen LogP contribution in [0, 0.1) is 0 Å². The molecule has 1 amide bonds. The first-order valence-corrected chi connectivity index (χ1v) is 7.89. The first-order chi connectivity index (χ1) is 9.26. The molecule has 0 aliphatic rings. The number of carbonyl (C=O) groups is 1. The average Bonchev–Trinajstić information content (AvgIpc) is 2.44. The molecule has 0 aliphatic heterocycles. The zero-order valence-electron chi connectivity index (χ0n) is 11.8. The molecule has 0 heterocycles. The summed E-state index contributed by atoms with van der Waals surface area (Å²) < 4.78 is 5.11. The van der Waals surface area contributed by atoms with Crippen LogP contribution in [0.25, 0.3) is 0 Å². The van der Waals surface area contributed by atoms with Crippen LogP contribution in [0.1, 0.15) is 31.7 Å². The van der Waals surface area contributed by atoms with Crippen molar-refractivity contribution in [3.8, 4) is 5.75 Å². The van der Waals surface area contributed by atoms with Gasteiger partial charge in [-0.3, -0.25) is 4.79 Å². The number of amides is 1. The van der Waals surface area contributed by atoms with Gasteiger partial charge in [-0.05, 0) is 24.1 Å². The number of methoxy groups -OCH3 is 1. The van der Waals surface area contributed by atoms with Crippen LogP contribution in [-0.2, 0) is 10.5 Å². The monoisotopic (exact) mass is 281 g/mol. The smallest absolute Gasteiger partial charge is 0.230 e. The molecule has 0 aromatic heterocycles. The van der Waals surface area contributed by atoms with Crippen molar-refractivity contribution in [1.29, 1.82) is 0 Å². The summed E-state index contributed by atoms with van der Waals surface area (Å²) >= 11 is 1.64. The summed E-state index contributed by atoms with van der Waals surface area (Å²) in [6.07, 6.45) is 3.44. The fraction of sp³-hybridized carbons (Fsp3) is 0.533. The number of hydrogen-bond acceptors (Lipinski definition) is 3. The number of rotatable bonds is 9. The minimum absolute atomic E-state index is 0.134. The summed E-state index contributed by atoms with van der Waals surface area (Å²) in [6.45, 7) is 2.96. The Morgan fingerprint density at radius 2 is 2.00 bits per heavy atom. The Labute approximate surface area is 120 Å². The third-order valence-electron chi connectivity index (χ3n) is 2.76. The molecular weight excluding hydrogens is 258 g/mol. The standard InChI is InChI=1S/C15H23NO2S/c1-3-4-5-10-16-15(17)12-19-11-13-6-8-14(18-2)9-7-13/h6-9H,3-5,10-12H2,1-2H3,(H,16,17). The van der Waals surface area contributed by atoms with E-state index in [-0.39, 0.29) is 5.91 Å². The summed E-state index contributed by atoms with van der Waals surface area (Å²) in [7, 11) is 1.66. The Morgan fingerprint density at radius 3 is 2.63 bits per heavy atom. The lowest BCUT2D eigenvalue weighted by atomic mass is 10.2. The zero-order valence-corrected chi connectivity index (χ0v) is 12.6. The highest BCUT2D eigenvalue weighted by molar-refractivity contribution is 7.99. The predicted octanol–water partition coefficient (Wildman–Crippen LogP) is 3.23. The summed E-state index contributed by atoms with van der Waals surface area (Å²) in [5, 5.41) is 2.94. The van der Waals surface area contributed by atoms with Gasteiger partial charge >= 0.3 is 0 Å². The van der Waals surface area contributed by atoms with E-state index in [1.54, 1.807) is 18.9 Å². The second kappa shape index (κ2) is 9.73. The fourth-order valence-corrected chi connectivity index (χ4v) is 2.45. The van der Waals surface area contributed by atoms with Crippen LogP contribution in [0.4, 0.5) is 0 Å². The molecule has 1 N–H and O–H groups in total. The van der Waals surface area contributed by atoms with E-state index >= 15 is 0 Å². The molecular formula is C15H23NO2S. The Balaban J connectivity index is 2.13. The molecule has 0 radical (unpaired) electrons. The molecule has 0 saturated carbocycles. The maximum atomic E-state index is 11.5. The van der Waals surface area contributed by atoms with Gasteiger partial charge < -0.3 is 10.1 Å². The second-order valence-corrected chi connectivity index (χ2v) is 5.38. The minimum Gasteiger partial charge on any atom is -0.497 e. The number of carbonyl (C=O) groups excluding carboxylic acids is 1. The summed E-state index contributed by atoms with van der Waals surface area (Å²) in [5.41, 5.74) is 1.21. The van der Waals surface area contributed by atoms with E-state index < -0.39 is 0 Å². The predicted molar refractivity (Wildman–Crippen MR) is 81.7 cm³/mol. The molecule has 1 rings (SSSR count). The van der Waals surface area contributed by atoms with Crippen molar-refractivity contribution in [3.05, 3.63) is 29.8 Å². The number of nitrogens with one attached hydrogen (secondary N) is 1. The van der Waals surface area contributed by atoms with Gasteiger partial charge in [0, 0.05) is 12.3 Å². The summed E-state index contributed by atoms with van der Waals surface area (Å²) in [4.78, 5) is 11.5. The first kappa shape index (κ1) is 15.9. The largest absolute Gasteiger partial charge is 0.497 e. The van der Waals surface area contributed by atoms with Crippen LogP contribution < -0.4 is 10.1 Å². The number of unbranched alkanes of at least 4 members (excludes halogenated alkanes) is 2. The van der Waals surface area contributed by atoms with Gasteiger partial charge in [-0.1, -0.05) is 31.9 Å². The highest BCUT2D eigenvalue weighted by atomic mass is 32.2. The maximum Gasteiger partial charge on any atom is 0.230 e. The molecule has 4 heteroatoms. The number of ether oxygens (including phenoxy) is 1. The highest BCUT2D eigenvalue weighted by Gasteiger charge is 2.01. The molecule has 0 saturated heterocycles. The van der Waals surface area contributed by atoms with Crippen molar-refractivity contribution in [2.24, 2.45) is 0 Å². The van der Waals surface area contributed by atoms with E-state index in [0.717, 1.165) is 24.5 Å². The average molecular weight is 281 g/mol. The minimum atomic E-state index is 0.134. The lowest BCUT2D eigenvalue weighted by Gasteiger charge is -2.05. The van der Waals surface area contributed by atoms with Crippen LogP contribution in [0.2, 0.25) is 0 Å². The van der Waals surface area contributed by atoms with Crippen molar-refractivity contribution in [3.63, 3.8) is 0 Å². The van der Waals surface area contributed by atoms with Crippen LogP contribution in [-0.4, -0.2) is 25.3 Å². The van der Waals surface area contributed by atoms with Gasteiger partial charge in [0.2, 0.25) is 5.91 Å². The topological polar surface area (TPSA) is 38.3 Å². The van der Waals surface area contributed by atoms with Gasteiger partial charge in [0.25, 0.3) is 0 Å². The van der Waals surface area contributed by atoms with Gasteiger partial charge in [0.05, 0.1) is 12.9 Å². The van der Waals surface area contributed by atoms with Crippen molar-refractivity contribution in [2.45, 2.75) is 31.9 Å². The van der Waals surface area contributed by atoms with E-state index in [1.165, 1.54) is 18.4 Å². The van der Waals surface area contributed by atoms with Crippen LogP contribution in [0.15, 0.2) is 24.3 Å². The molecule has 0 atom stereocenters. The van der Waals surface area contributed by atoms with Crippen molar-refractivity contribution in [2.75, 3.05) is 19.4 Å². The van der Waals surface area contributed by atoms with Crippen molar-refractivity contribution >= 4 is 17.7 Å². The third kappa shape index (κ3) is 7.11. The Hall–Kier alpha value is -1.16. The molecule has 0 bridgehead atoms. The fourth-order valence-electron chi connectivity index (χ4n) is 1.64. The molecule has 106 valence electrons. The van der Waals surface area contributed by atoms with Crippen LogP contribution in [0.5, 0.6) is 5.75 Å². The molecule has 1 aromatic carbocycles. The second-order valence-electron chi connectivity index (χ2n) is 4.40. The molecule has 0 unspecified atom stereocenters. The first-order valence-electron chi connectivity index (χ1n) is 6.73. The van der Waals surface area contributed by atoms with E-state index in [4.69, 9.17) is 4.74 Å². The van der Waals surface area contributed by atoms with Crippen LogP contribution >= 0.6 is 11.8 Å². The SMILES string of the molecule is CCCCCNC(=O)CSCc1ccc(OC)cc1. The van der Waals surface area contributed by atoms with Gasteiger partial charge in [-0.15, -0.1) is 11.8 Å². The summed E-state index contributed by atoms with van der Waals surface area (Å²) in [5.74, 6) is 2.38. The maximum absolute atomic E-state index is 11.5. The number of hydrogen-bond donors (Lipinski definition) is 1. The van der Waals surface area contributed by atoms with E-state index in [2.05, 4.69) is 12.2 Å². The van der Waals surface area contributed by atoms with E-state index in [1.807, 2.05) is 24.3 Å². The zero-order chi connectivity index (χ0) is 13.9. The van der Waals surface area contributed by atoms with Crippen LogP contribution in [0.3, 0.4) is 0 Å². The number of thioether (sulfide) groups is 1. The Morgan fingerprint density at radius 1 is 1.26 bits per heavy atom. The Bertz CT molecular complexity index is 365. The molecule has 1 aromatic rings. The van der Waals surface area contributed by atoms with Gasteiger partial charge in [-0.25, -0.2) is 0 Å².